The maximum atomic E-state index is 12.1. The van der Waals surface area contributed by atoms with Gasteiger partial charge in [-0.1, -0.05) is 55.4 Å². The smallest absolute Gasteiger partial charge is 0.335 e. The van der Waals surface area contributed by atoms with Gasteiger partial charge in [-0.15, -0.1) is 0 Å². The quantitative estimate of drug-likeness (QED) is 0.155. The maximum absolute atomic E-state index is 12.1. The Hall–Kier alpha value is -4.14. The summed E-state index contributed by atoms with van der Waals surface area (Å²) in [5.74, 6) is -0.141. The van der Waals surface area contributed by atoms with Crippen molar-refractivity contribution < 1.29 is 9.53 Å². The van der Waals surface area contributed by atoms with Crippen LogP contribution in [-0.2, 0) is 4.79 Å². The van der Waals surface area contributed by atoms with E-state index >= 15 is 0 Å². The van der Waals surface area contributed by atoms with Gasteiger partial charge in [0.2, 0.25) is 0 Å². The largest absolute Gasteiger partial charge is 0.423 e. The molecule has 33 heavy (non-hydrogen) atoms. The predicted octanol–water partition coefficient (Wildman–Crippen LogP) is 6.55. The zero-order chi connectivity index (χ0) is 23.4. The van der Waals surface area contributed by atoms with Crippen LogP contribution in [0.15, 0.2) is 79.5 Å². The fourth-order valence-electron chi connectivity index (χ4n) is 3.88. The number of halogens is 1. The van der Waals surface area contributed by atoms with Crippen LogP contribution < -0.4 is 4.74 Å². The highest BCUT2D eigenvalue weighted by molar-refractivity contribution is 6.30. The third-order valence-electron chi connectivity index (χ3n) is 5.35. The first-order valence-corrected chi connectivity index (χ1v) is 10.7. The SMILES string of the molecule is C=CC(=O)Oc1ccccc1/C(=C(\CC)c1ccc(Cl)cc1C#N)c1ccc2[nH]ncc2c1. The lowest BCUT2D eigenvalue weighted by Gasteiger charge is -2.19. The van der Waals surface area contributed by atoms with E-state index in [2.05, 4.69) is 22.8 Å². The number of aromatic amines is 1. The van der Waals surface area contributed by atoms with Crippen molar-refractivity contribution in [2.24, 2.45) is 0 Å². The highest BCUT2D eigenvalue weighted by Crippen LogP contribution is 2.40. The number of para-hydroxylation sites is 1. The van der Waals surface area contributed by atoms with Crippen LogP contribution in [-0.4, -0.2) is 16.2 Å². The van der Waals surface area contributed by atoms with Gasteiger partial charge in [0.15, 0.2) is 0 Å². The Balaban J connectivity index is 2.07. The number of carbonyl (C=O) groups excluding carboxylic acids is 1. The van der Waals surface area contributed by atoms with Crippen LogP contribution in [0.3, 0.4) is 0 Å². The molecule has 4 aromatic rings. The Morgan fingerprint density at radius 3 is 2.76 bits per heavy atom. The zero-order valence-corrected chi connectivity index (χ0v) is 18.7. The summed E-state index contributed by atoms with van der Waals surface area (Å²) in [5, 5.41) is 18.3. The maximum Gasteiger partial charge on any atom is 0.335 e. The number of ether oxygens (including phenoxy) is 1. The zero-order valence-electron chi connectivity index (χ0n) is 17.9. The second-order valence-electron chi connectivity index (χ2n) is 7.30. The van der Waals surface area contributed by atoms with Gasteiger partial charge in [-0.05, 0) is 59.0 Å². The topological polar surface area (TPSA) is 78.8 Å². The van der Waals surface area contributed by atoms with E-state index in [4.69, 9.17) is 16.3 Å². The highest BCUT2D eigenvalue weighted by Gasteiger charge is 2.20. The van der Waals surface area contributed by atoms with Crippen molar-refractivity contribution in [3.63, 3.8) is 0 Å². The predicted molar refractivity (Wildman–Crippen MR) is 131 cm³/mol. The molecule has 0 saturated carbocycles. The molecule has 0 radical (unpaired) electrons. The molecule has 5 nitrogen and oxygen atoms in total. The highest BCUT2D eigenvalue weighted by atomic mass is 35.5. The number of nitriles is 1. The lowest BCUT2D eigenvalue weighted by Crippen LogP contribution is -2.06. The van der Waals surface area contributed by atoms with Crippen molar-refractivity contribution in [2.45, 2.75) is 13.3 Å². The lowest BCUT2D eigenvalue weighted by molar-refractivity contribution is -0.128. The number of nitrogens with zero attached hydrogens (tertiary/aromatic N) is 2. The van der Waals surface area contributed by atoms with Gasteiger partial charge in [-0.3, -0.25) is 5.10 Å². The number of rotatable bonds is 6. The Morgan fingerprint density at radius 2 is 2.00 bits per heavy atom. The van der Waals surface area contributed by atoms with E-state index in [1.54, 1.807) is 30.5 Å². The van der Waals surface area contributed by atoms with Crippen LogP contribution in [0.4, 0.5) is 0 Å². The van der Waals surface area contributed by atoms with Crippen LogP contribution >= 0.6 is 11.6 Å². The molecule has 3 aromatic carbocycles. The summed E-state index contributed by atoms with van der Waals surface area (Å²) in [6.07, 6.45) is 3.51. The molecule has 0 aliphatic carbocycles. The molecule has 4 rings (SSSR count). The van der Waals surface area contributed by atoms with Crippen molar-refractivity contribution in [3.05, 3.63) is 107 Å². The summed E-state index contributed by atoms with van der Waals surface area (Å²) in [5.41, 5.74) is 5.57. The average molecular weight is 454 g/mol. The average Bonchev–Trinajstić information content (AvgIpc) is 3.31. The molecule has 0 fully saturated rings. The number of esters is 1. The van der Waals surface area contributed by atoms with E-state index in [-0.39, 0.29) is 0 Å². The van der Waals surface area contributed by atoms with E-state index in [0.29, 0.717) is 22.8 Å². The molecule has 162 valence electrons. The number of nitrogens with one attached hydrogen (secondary N) is 1. The fraction of sp³-hybridized carbons (Fsp3) is 0.0741. The van der Waals surface area contributed by atoms with Gasteiger partial charge in [0.25, 0.3) is 0 Å². The molecule has 0 spiro atoms. The van der Waals surface area contributed by atoms with Crippen molar-refractivity contribution in [1.29, 1.82) is 5.26 Å². The van der Waals surface area contributed by atoms with E-state index in [9.17, 15) is 10.1 Å². The van der Waals surface area contributed by atoms with Crippen molar-refractivity contribution in [1.82, 2.24) is 10.2 Å². The molecule has 0 saturated heterocycles. The molecule has 1 aromatic heterocycles. The molecular weight excluding hydrogens is 434 g/mol. The first kappa shape index (κ1) is 22.1. The van der Waals surface area contributed by atoms with E-state index in [1.165, 1.54) is 0 Å². The molecule has 0 amide bonds. The number of fused-ring (bicyclic) bond motifs is 1. The first-order chi connectivity index (χ1) is 16.0. The number of carbonyl (C=O) groups is 1. The Kier molecular flexibility index (Phi) is 6.39. The van der Waals surface area contributed by atoms with Gasteiger partial charge in [0.05, 0.1) is 23.3 Å². The molecule has 0 aliphatic heterocycles. The Bertz CT molecular complexity index is 1440. The number of aromatic nitrogens is 2. The first-order valence-electron chi connectivity index (χ1n) is 10.4. The number of hydrogen-bond donors (Lipinski definition) is 1. The minimum atomic E-state index is -0.547. The van der Waals surface area contributed by atoms with Gasteiger partial charge < -0.3 is 4.74 Å². The number of benzene rings is 3. The molecule has 0 unspecified atom stereocenters. The minimum absolute atomic E-state index is 0.406. The van der Waals surface area contributed by atoms with E-state index in [0.717, 1.165) is 44.8 Å². The summed E-state index contributed by atoms with van der Waals surface area (Å²) in [4.78, 5) is 12.1. The second kappa shape index (κ2) is 9.56. The van der Waals surface area contributed by atoms with Gasteiger partial charge in [0.1, 0.15) is 5.75 Å². The van der Waals surface area contributed by atoms with Crippen molar-refractivity contribution in [3.8, 4) is 11.8 Å². The molecule has 1 heterocycles. The third-order valence-corrected chi connectivity index (χ3v) is 5.58. The summed E-state index contributed by atoms with van der Waals surface area (Å²) >= 11 is 6.16. The minimum Gasteiger partial charge on any atom is -0.423 e. The van der Waals surface area contributed by atoms with Crippen LogP contribution in [0.25, 0.3) is 22.0 Å². The van der Waals surface area contributed by atoms with E-state index < -0.39 is 5.97 Å². The molecule has 1 N–H and O–H groups in total. The van der Waals surface area contributed by atoms with Crippen molar-refractivity contribution in [2.75, 3.05) is 0 Å². The van der Waals surface area contributed by atoms with Crippen molar-refractivity contribution >= 4 is 39.6 Å². The number of H-pyrrole nitrogens is 1. The van der Waals surface area contributed by atoms with Crippen LogP contribution in [0.5, 0.6) is 5.75 Å². The van der Waals surface area contributed by atoms with Gasteiger partial charge >= 0.3 is 5.97 Å². The van der Waals surface area contributed by atoms with Crippen LogP contribution in [0.2, 0.25) is 5.02 Å². The number of hydrogen-bond acceptors (Lipinski definition) is 4. The third kappa shape index (κ3) is 4.43. The number of allylic oxidation sites excluding steroid dienone is 1. The van der Waals surface area contributed by atoms with Crippen LogP contribution in [0, 0.1) is 11.3 Å². The monoisotopic (exact) mass is 453 g/mol. The Morgan fingerprint density at radius 1 is 1.18 bits per heavy atom. The van der Waals surface area contributed by atoms with Gasteiger partial charge in [0, 0.05) is 22.0 Å². The molecular formula is C27H20ClN3O2. The summed E-state index contributed by atoms with van der Waals surface area (Å²) < 4.78 is 5.58. The molecule has 0 atom stereocenters. The molecule has 0 bridgehead atoms. The standard InChI is InChI=1S/C27H20ClN3O2/c1-3-21(22-11-10-20(28)14-18(22)15-29)27(17-9-12-24-19(13-17)16-30-31-24)23-7-5-6-8-25(23)33-26(32)4-2/h4-14,16H,2-3H2,1H3,(H,30,31)/b27-21+. The summed E-state index contributed by atoms with van der Waals surface area (Å²) in [6.45, 7) is 5.53. The fourth-order valence-corrected chi connectivity index (χ4v) is 4.05. The van der Waals surface area contributed by atoms with E-state index in [1.807, 2.05) is 43.3 Å². The Labute approximate surface area is 196 Å². The van der Waals surface area contributed by atoms with Crippen LogP contribution in [0.1, 0.15) is 35.6 Å². The summed E-state index contributed by atoms with van der Waals surface area (Å²) in [6, 6.07) is 20.8. The normalized spacial score (nSPS) is 11.5. The lowest BCUT2D eigenvalue weighted by atomic mass is 9.86. The second-order valence-corrected chi connectivity index (χ2v) is 7.74. The van der Waals surface area contributed by atoms with Gasteiger partial charge in [-0.2, -0.15) is 10.4 Å². The molecule has 6 heteroatoms. The van der Waals surface area contributed by atoms with Gasteiger partial charge in [-0.25, -0.2) is 4.79 Å². The summed E-state index contributed by atoms with van der Waals surface area (Å²) in [7, 11) is 0. The molecule has 0 aliphatic rings.